The highest BCUT2D eigenvalue weighted by molar-refractivity contribution is 5.92. The summed E-state index contributed by atoms with van der Waals surface area (Å²) in [5, 5.41) is 5.11. The van der Waals surface area contributed by atoms with Crippen LogP contribution in [0, 0.1) is 0 Å². The summed E-state index contributed by atoms with van der Waals surface area (Å²) in [4.78, 5) is 38.5. The number of carbonyl (C=O) groups is 3. The Bertz CT molecular complexity index is 490. The van der Waals surface area contributed by atoms with Crippen molar-refractivity contribution >= 4 is 17.8 Å². The van der Waals surface area contributed by atoms with Crippen LogP contribution in [0.3, 0.4) is 0 Å². The Morgan fingerprint density at radius 3 is 2.57 bits per heavy atom. The molecule has 0 aromatic carbocycles. The van der Waals surface area contributed by atoms with Crippen molar-refractivity contribution < 1.29 is 19.1 Å². The number of nitrogens with one attached hydrogen (secondary N) is 2. The number of ether oxygens (including phenoxy) is 1. The molecule has 1 atom stereocenters. The second-order valence-electron chi connectivity index (χ2n) is 4.39. The lowest BCUT2D eigenvalue weighted by molar-refractivity contribution is -0.130. The standard InChI is InChI=1S/C14H19N3O4/c1-3-6-16-13(19)10(2)17-12(18)9-21-14(20)11-4-7-15-8-5-11/h4-5,7-8,10H,3,6,9H2,1-2H3,(H,16,19)(H,17,18)/t10-/m0/s1. The average Bonchev–Trinajstić information content (AvgIpc) is 2.50. The maximum Gasteiger partial charge on any atom is 0.338 e. The van der Waals surface area contributed by atoms with E-state index in [0.29, 0.717) is 12.1 Å². The van der Waals surface area contributed by atoms with E-state index in [1.165, 1.54) is 24.5 Å². The highest BCUT2D eigenvalue weighted by Gasteiger charge is 2.16. The molecule has 0 fully saturated rings. The van der Waals surface area contributed by atoms with Crippen LogP contribution in [0.5, 0.6) is 0 Å². The number of aromatic nitrogens is 1. The Morgan fingerprint density at radius 1 is 1.29 bits per heavy atom. The molecule has 21 heavy (non-hydrogen) atoms. The van der Waals surface area contributed by atoms with Crippen molar-refractivity contribution in [3.05, 3.63) is 30.1 Å². The van der Waals surface area contributed by atoms with Crippen LogP contribution < -0.4 is 10.6 Å². The van der Waals surface area contributed by atoms with Gasteiger partial charge >= 0.3 is 5.97 Å². The van der Waals surface area contributed by atoms with Gasteiger partial charge in [-0.2, -0.15) is 0 Å². The van der Waals surface area contributed by atoms with Gasteiger partial charge < -0.3 is 15.4 Å². The first-order valence-electron chi connectivity index (χ1n) is 6.68. The second kappa shape index (κ2) is 8.68. The molecule has 1 aromatic heterocycles. The Kier molecular flexibility index (Phi) is 6.86. The zero-order valence-corrected chi connectivity index (χ0v) is 12.1. The molecular formula is C14H19N3O4. The van der Waals surface area contributed by atoms with Gasteiger partial charge in [0.05, 0.1) is 5.56 Å². The summed E-state index contributed by atoms with van der Waals surface area (Å²) in [5.74, 6) is -1.42. The molecule has 0 radical (unpaired) electrons. The van der Waals surface area contributed by atoms with Crippen molar-refractivity contribution in [3.63, 3.8) is 0 Å². The largest absolute Gasteiger partial charge is 0.452 e. The molecule has 0 saturated carbocycles. The van der Waals surface area contributed by atoms with Crippen LogP contribution in [0.1, 0.15) is 30.6 Å². The normalized spacial score (nSPS) is 11.3. The summed E-state index contributed by atoms with van der Waals surface area (Å²) in [7, 11) is 0. The first-order valence-corrected chi connectivity index (χ1v) is 6.68. The quantitative estimate of drug-likeness (QED) is 0.703. The molecule has 7 heteroatoms. The van der Waals surface area contributed by atoms with Crippen molar-refractivity contribution in [2.24, 2.45) is 0 Å². The van der Waals surface area contributed by atoms with Gasteiger partial charge in [-0.1, -0.05) is 6.92 Å². The van der Waals surface area contributed by atoms with Gasteiger partial charge in [0, 0.05) is 18.9 Å². The molecule has 2 amide bonds. The highest BCUT2D eigenvalue weighted by Crippen LogP contribution is 1.99. The summed E-state index contributed by atoms with van der Waals surface area (Å²) in [5.41, 5.74) is 0.312. The molecular weight excluding hydrogens is 274 g/mol. The van der Waals surface area contributed by atoms with Crippen molar-refractivity contribution in [1.29, 1.82) is 0 Å². The van der Waals surface area contributed by atoms with E-state index >= 15 is 0 Å². The first-order chi connectivity index (χ1) is 10.0. The fourth-order valence-electron chi connectivity index (χ4n) is 1.45. The minimum Gasteiger partial charge on any atom is -0.452 e. The predicted octanol–water partition coefficient (Wildman–Crippen LogP) is 0.269. The summed E-state index contributed by atoms with van der Waals surface area (Å²) in [6.45, 7) is 3.61. The Balaban J connectivity index is 2.34. The molecule has 0 aliphatic rings. The number of pyridine rings is 1. The number of amides is 2. The third-order valence-corrected chi connectivity index (χ3v) is 2.57. The Morgan fingerprint density at radius 2 is 1.95 bits per heavy atom. The van der Waals surface area contributed by atoms with Gasteiger partial charge in [-0.05, 0) is 25.5 Å². The molecule has 0 unspecified atom stereocenters. The van der Waals surface area contributed by atoms with Crippen LogP contribution in [0.15, 0.2) is 24.5 Å². The minimum atomic E-state index is -0.677. The van der Waals surface area contributed by atoms with Gasteiger partial charge in [0.25, 0.3) is 5.91 Å². The van der Waals surface area contributed by atoms with Gasteiger partial charge in [0.1, 0.15) is 6.04 Å². The van der Waals surface area contributed by atoms with Crippen LogP contribution >= 0.6 is 0 Å². The van der Waals surface area contributed by atoms with E-state index in [9.17, 15) is 14.4 Å². The van der Waals surface area contributed by atoms with Crippen molar-refractivity contribution in [2.75, 3.05) is 13.2 Å². The molecule has 0 saturated heterocycles. The lowest BCUT2D eigenvalue weighted by atomic mass is 10.3. The van der Waals surface area contributed by atoms with Crippen LogP contribution in [-0.2, 0) is 14.3 Å². The summed E-state index contributed by atoms with van der Waals surface area (Å²) < 4.78 is 4.84. The molecule has 0 aliphatic carbocycles. The summed E-state index contributed by atoms with van der Waals surface area (Å²) >= 11 is 0. The van der Waals surface area contributed by atoms with Gasteiger partial charge in [0.15, 0.2) is 6.61 Å². The van der Waals surface area contributed by atoms with E-state index in [2.05, 4.69) is 15.6 Å². The fraction of sp³-hybridized carbons (Fsp3) is 0.429. The minimum absolute atomic E-state index is 0.273. The van der Waals surface area contributed by atoms with Gasteiger partial charge in [-0.25, -0.2) is 4.79 Å². The zero-order valence-electron chi connectivity index (χ0n) is 12.1. The molecule has 1 heterocycles. The second-order valence-corrected chi connectivity index (χ2v) is 4.39. The fourth-order valence-corrected chi connectivity index (χ4v) is 1.45. The predicted molar refractivity (Wildman–Crippen MR) is 75.4 cm³/mol. The maximum atomic E-state index is 11.6. The molecule has 2 N–H and O–H groups in total. The molecule has 0 spiro atoms. The van der Waals surface area contributed by atoms with Crippen LogP contribution in [-0.4, -0.2) is 42.0 Å². The molecule has 1 rings (SSSR count). The number of esters is 1. The number of nitrogens with zero attached hydrogens (tertiary/aromatic N) is 1. The van der Waals surface area contributed by atoms with E-state index in [4.69, 9.17) is 4.74 Å². The van der Waals surface area contributed by atoms with Gasteiger partial charge in [-0.15, -0.1) is 0 Å². The third kappa shape index (κ3) is 6.03. The van der Waals surface area contributed by atoms with E-state index in [-0.39, 0.29) is 5.91 Å². The molecule has 7 nitrogen and oxygen atoms in total. The topological polar surface area (TPSA) is 97.4 Å². The number of carbonyl (C=O) groups excluding carboxylic acids is 3. The van der Waals surface area contributed by atoms with Crippen molar-refractivity contribution in [3.8, 4) is 0 Å². The number of hydrogen-bond donors (Lipinski definition) is 2. The van der Waals surface area contributed by atoms with Crippen molar-refractivity contribution in [1.82, 2.24) is 15.6 Å². The van der Waals surface area contributed by atoms with Gasteiger partial charge in [0.2, 0.25) is 5.91 Å². The Hall–Kier alpha value is -2.44. The molecule has 1 aromatic rings. The van der Waals surface area contributed by atoms with E-state index in [1.807, 2.05) is 6.92 Å². The first kappa shape index (κ1) is 16.6. The van der Waals surface area contributed by atoms with Crippen LogP contribution in [0.2, 0.25) is 0 Å². The smallest absolute Gasteiger partial charge is 0.338 e. The number of hydrogen-bond acceptors (Lipinski definition) is 5. The average molecular weight is 293 g/mol. The van der Waals surface area contributed by atoms with E-state index in [0.717, 1.165) is 6.42 Å². The highest BCUT2D eigenvalue weighted by atomic mass is 16.5. The number of rotatable bonds is 7. The van der Waals surface area contributed by atoms with Crippen molar-refractivity contribution in [2.45, 2.75) is 26.3 Å². The van der Waals surface area contributed by atoms with Crippen LogP contribution in [0.25, 0.3) is 0 Å². The lowest BCUT2D eigenvalue weighted by Gasteiger charge is -2.13. The Labute approximate surface area is 123 Å². The van der Waals surface area contributed by atoms with Gasteiger partial charge in [-0.3, -0.25) is 14.6 Å². The monoisotopic (exact) mass is 293 g/mol. The lowest BCUT2D eigenvalue weighted by Crippen LogP contribution is -2.46. The molecule has 0 aliphatic heterocycles. The molecule has 114 valence electrons. The molecule has 0 bridgehead atoms. The summed E-state index contributed by atoms with van der Waals surface area (Å²) in [6, 6.07) is 2.30. The third-order valence-electron chi connectivity index (χ3n) is 2.57. The van der Waals surface area contributed by atoms with Crippen LogP contribution in [0.4, 0.5) is 0 Å². The van der Waals surface area contributed by atoms with E-state index < -0.39 is 24.5 Å². The van der Waals surface area contributed by atoms with E-state index in [1.54, 1.807) is 6.92 Å². The maximum absolute atomic E-state index is 11.6. The zero-order chi connectivity index (χ0) is 15.7. The summed E-state index contributed by atoms with van der Waals surface area (Å²) in [6.07, 6.45) is 3.73. The SMILES string of the molecule is CCCNC(=O)[C@H](C)NC(=O)COC(=O)c1ccncc1.